The van der Waals surface area contributed by atoms with E-state index in [-0.39, 0.29) is 17.3 Å². The molecule has 2 N–H and O–H groups in total. The molecule has 1 fully saturated rings. The van der Waals surface area contributed by atoms with Crippen molar-refractivity contribution in [1.29, 1.82) is 0 Å². The lowest BCUT2D eigenvalue weighted by Gasteiger charge is -2.40. The zero-order valence-corrected chi connectivity index (χ0v) is 18.1. The van der Waals surface area contributed by atoms with Crippen molar-refractivity contribution in [2.75, 3.05) is 25.0 Å². The monoisotopic (exact) mass is 487 g/mol. The van der Waals surface area contributed by atoms with E-state index in [1.807, 2.05) is 21.7 Å². The maximum atomic E-state index is 14.1. The molecule has 3 rings (SSSR count). The lowest BCUT2D eigenvalue weighted by Crippen LogP contribution is -2.55. The summed E-state index contributed by atoms with van der Waals surface area (Å²) in [6.45, 7) is 8.85. The summed E-state index contributed by atoms with van der Waals surface area (Å²) in [7, 11) is 0. The normalized spacial score (nSPS) is 15.0. The first-order chi connectivity index (χ1) is 12.2. The van der Waals surface area contributed by atoms with Crippen molar-refractivity contribution in [1.82, 2.24) is 10.2 Å². The minimum Gasteiger partial charge on any atom is -0.352 e. The predicted octanol–water partition coefficient (Wildman–Crippen LogP) is 4.70. The van der Waals surface area contributed by atoms with Crippen LogP contribution in [0.4, 0.5) is 15.8 Å². The number of amides is 1. The number of hydrogen-bond donors (Lipinski definition) is 2. The third kappa shape index (κ3) is 4.75. The van der Waals surface area contributed by atoms with Crippen LogP contribution in [-0.4, -0.2) is 36.0 Å². The number of anilines is 2. The van der Waals surface area contributed by atoms with E-state index in [0.29, 0.717) is 22.9 Å². The summed E-state index contributed by atoms with van der Waals surface area (Å²) in [6.07, 6.45) is 0. The number of carbonyl (C=O) groups is 1. The first-order valence-electron chi connectivity index (χ1n) is 8.55. The average Bonchev–Trinajstić information content (AvgIpc) is 2.95. The summed E-state index contributed by atoms with van der Waals surface area (Å²) in [6, 6.07) is 5.00. The molecule has 2 aromatic rings. The number of halogens is 2. The Hall–Kier alpha value is -1.19. The number of benzene rings is 1. The van der Waals surface area contributed by atoms with Crippen LogP contribution >= 0.6 is 33.9 Å². The van der Waals surface area contributed by atoms with Crippen LogP contribution < -0.4 is 10.6 Å². The molecule has 0 spiro atoms. The fraction of sp³-hybridized carbons (Fsp3) is 0.421. The maximum Gasteiger partial charge on any atom is 0.256 e. The Kier molecular flexibility index (Phi) is 5.88. The van der Waals surface area contributed by atoms with Crippen molar-refractivity contribution in [3.05, 3.63) is 43.9 Å². The van der Waals surface area contributed by atoms with Crippen molar-refractivity contribution in [3.8, 4) is 0 Å². The molecule has 4 nitrogen and oxygen atoms in total. The molecule has 0 aliphatic carbocycles. The summed E-state index contributed by atoms with van der Waals surface area (Å²) < 4.78 is 14.9. The SMILES string of the molecule is CC(C)(C)NCC1CN(C(=O)c2cscc2Nc2ccc(I)cc2F)C1. The van der Waals surface area contributed by atoms with Gasteiger partial charge in [-0.3, -0.25) is 4.79 Å². The van der Waals surface area contributed by atoms with Gasteiger partial charge in [-0.2, -0.15) is 0 Å². The smallest absolute Gasteiger partial charge is 0.256 e. The number of nitrogens with zero attached hydrogens (tertiary/aromatic N) is 1. The highest BCUT2D eigenvalue weighted by atomic mass is 127. The minimum absolute atomic E-state index is 0.00618. The topological polar surface area (TPSA) is 44.4 Å². The van der Waals surface area contributed by atoms with Gasteiger partial charge in [-0.25, -0.2) is 4.39 Å². The Morgan fingerprint density at radius 2 is 2.04 bits per heavy atom. The zero-order chi connectivity index (χ0) is 18.9. The Balaban J connectivity index is 1.61. The first kappa shape index (κ1) is 19.6. The highest BCUT2D eigenvalue weighted by Crippen LogP contribution is 2.30. The van der Waals surface area contributed by atoms with Gasteiger partial charge in [-0.15, -0.1) is 11.3 Å². The molecule has 1 aliphatic heterocycles. The molecule has 1 aromatic carbocycles. The third-order valence-electron chi connectivity index (χ3n) is 4.26. The van der Waals surface area contributed by atoms with Crippen LogP contribution in [0.25, 0.3) is 0 Å². The minimum atomic E-state index is -0.321. The molecule has 26 heavy (non-hydrogen) atoms. The molecule has 1 aromatic heterocycles. The first-order valence-corrected chi connectivity index (χ1v) is 10.6. The van der Waals surface area contributed by atoms with Crippen LogP contribution in [0.15, 0.2) is 29.0 Å². The van der Waals surface area contributed by atoms with Crippen LogP contribution in [0.5, 0.6) is 0 Å². The number of carbonyl (C=O) groups excluding carboxylic acids is 1. The van der Waals surface area contributed by atoms with Gasteiger partial charge in [0.25, 0.3) is 5.91 Å². The second kappa shape index (κ2) is 7.82. The van der Waals surface area contributed by atoms with E-state index in [1.165, 1.54) is 17.4 Å². The van der Waals surface area contributed by atoms with Gasteiger partial charge in [0.15, 0.2) is 0 Å². The van der Waals surface area contributed by atoms with Gasteiger partial charge < -0.3 is 15.5 Å². The summed E-state index contributed by atoms with van der Waals surface area (Å²) >= 11 is 3.52. The fourth-order valence-electron chi connectivity index (χ4n) is 2.78. The second-order valence-electron chi connectivity index (χ2n) is 7.66. The molecule has 2 heterocycles. The van der Waals surface area contributed by atoms with Crippen molar-refractivity contribution in [3.63, 3.8) is 0 Å². The van der Waals surface area contributed by atoms with Crippen LogP contribution in [0.3, 0.4) is 0 Å². The van der Waals surface area contributed by atoms with Gasteiger partial charge in [0.2, 0.25) is 0 Å². The highest BCUT2D eigenvalue weighted by Gasteiger charge is 2.32. The van der Waals surface area contributed by atoms with Gasteiger partial charge in [0, 0.05) is 45.4 Å². The molecule has 1 saturated heterocycles. The van der Waals surface area contributed by atoms with Gasteiger partial charge in [-0.1, -0.05) is 0 Å². The number of hydrogen-bond acceptors (Lipinski definition) is 4. The Morgan fingerprint density at radius 1 is 1.31 bits per heavy atom. The van der Waals surface area contributed by atoms with E-state index >= 15 is 0 Å². The molecular weight excluding hydrogens is 464 g/mol. The Labute approximate surface area is 171 Å². The van der Waals surface area contributed by atoms with Crippen molar-refractivity contribution < 1.29 is 9.18 Å². The average molecular weight is 487 g/mol. The van der Waals surface area contributed by atoms with Crippen molar-refractivity contribution >= 4 is 51.2 Å². The molecular formula is C19H23FIN3OS. The Morgan fingerprint density at radius 3 is 2.69 bits per heavy atom. The van der Waals surface area contributed by atoms with E-state index in [9.17, 15) is 9.18 Å². The maximum absolute atomic E-state index is 14.1. The van der Waals surface area contributed by atoms with Crippen LogP contribution in [-0.2, 0) is 0 Å². The number of nitrogens with one attached hydrogen (secondary N) is 2. The third-order valence-corrected chi connectivity index (χ3v) is 5.67. The molecule has 0 bridgehead atoms. The van der Waals surface area contributed by atoms with E-state index in [4.69, 9.17) is 0 Å². The van der Waals surface area contributed by atoms with Crippen molar-refractivity contribution in [2.24, 2.45) is 5.92 Å². The zero-order valence-electron chi connectivity index (χ0n) is 15.1. The Bertz CT molecular complexity index is 796. The van der Waals surface area contributed by atoms with Crippen LogP contribution in [0.1, 0.15) is 31.1 Å². The number of likely N-dealkylation sites (tertiary alicyclic amines) is 1. The van der Waals surface area contributed by atoms with Gasteiger partial charge in [-0.05, 0) is 61.6 Å². The van der Waals surface area contributed by atoms with Crippen LogP contribution in [0.2, 0.25) is 0 Å². The summed E-state index contributed by atoms with van der Waals surface area (Å²) in [4.78, 5) is 14.6. The molecule has 140 valence electrons. The highest BCUT2D eigenvalue weighted by molar-refractivity contribution is 14.1. The molecule has 1 aliphatic rings. The molecule has 7 heteroatoms. The van der Waals surface area contributed by atoms with E-state index in [1.54, 1.807) is 6.07 Å². The van der Waals surface area contributed by atoms with Crippen LogP contribution in [0, 0.1) is 15.3 Å². The van der Waals surface area contributed by atoms with E-state index < -0.39 is 0 Å². The fourth-order valence-corrected chi connectivity index (χ4v) is 3.99. The largest absolute Gasteiger partial charge is 0.352 e. The summed E-state index contributed by atoms with van der Waals surface area (Å²) in [5.74, 6) is 0.173. The molecule has 0 atom stereocenters. The summed E-state index contributed by atoms with van der Waals surface area (Å²) in [5.41, 5.74) is 1.74. The number of rotatable bonds is 5. The molecule has 1 amide bonds. The lowest BCUT2D eigenvalue weighted by atomic mass is 9.97. The predicted molar refractivity (Wildman–Crippen MR) is 114 cm³/mol. The van der Waals surface area contributed by atoms with Gasteiger partial charge in [0.1, 0.15) is 5.82 Å². The standard InChI is InChI=1S/C19H23FIN3OS/c1-19(2,3)22-7-12-8-24(9-12)18(25)14-10-26-11-17(14)23-16-5-4-13(21)6-15(16)20/h4-6,10-12,22-23H,7-9H2,1-3H3. The second-order valence-corrected chi connectivity index (χ2v) is 9.64. The van der Waals surface area contributed by atoms with E-state index in [2.05, 4.69) is 54.0 Å². The van der Waals surface area contributed by atoms with Crippen molar-refractivity contribution in [2.45, 2.75) is 26.3 Å². The van der Waals surface area contributed by atoms with E-state index in [0.717, 1.165) is 23.2 Å². The van der Waals surface area contributed by atoms with Gasteiger partial charge >= 0.3 is 0 Å². The molecule has 0 saturated carbocycles. The number of thiophene rings is 1. The summed E-state index contributed by atoms with van der Waals surface area (Å²) in [5, 5.41) is 10.2. The van der Waals surface area contributed by atoms with Gasteiger partial charge in [0.05, 0.1) is 16.9 Å². The molecule has 0 radical (unpaired) electrons. The molecule has 0 unspecified atom stereocenters. The lowest BCUT2D eigenvalue weighted by molar-refractivity contribution is 0.0492. The quantitative estimate of drug-likeness (QED) is 0.602.